The molecule has 2 amide bonds. The minimum atomic E-state index is -0.800. The van der Waals surface area contributed by atoms with Crippen molar-refractivity contribution in [2.45, 2.75) is 20.8 Å². The van der Waals surface area contributed by atoms with Gasteiger partial charge in [0.05, 0.1) is 16.4 Å². The molecular formula is C20H22N4O2. The van der Waals surface area contributed by atoms with E-state index in [0.29, 0.717) is 5.56 Å². The highest BCUT2D eigenvalue weighted by atomic mass is 16.2. The molecule has 0 spiro atoms. The molecule has 0 saturated carbocycles. The fourth-order valence-corrected chi connectivity index (χ4v) is 2.74. The van der Waals surface area contributed by atoms with Gasteiger partial charge >= 0.3 is 0 Å². The number of para-hydroxylation sites is 1. The smallest absolute Gasteiger partial charge is 0.251 e. The summed E-state index contributed by atoms with van der Waals surface area (Å²) in [6.45, 7) is 5.51. The van der Waals surface area contributed by atoms with E-state index in [0.717, 1.165) is 22.5 Å². The quantitative estimate of drug-likeness (QED) is 0.741. The molecule has 3 rings (SSSR count). The van der Waals surface area contributed by atoms with Crippen LogP contribution in [0.4, 0.5) is 0 Å². The Morgan fingerprint density at radius 2 is 1.85 bits per heavy atom. The van der Waals surface area contributed by atoms with Gasteiger partial charge in [-0.25, -0.2) is 4.98 Å². The van der Waals surface area contributed by atoms with E-state index < -0.39 is 11.3 Å². The number of aromatic nitrogens is 2. The van der Waals surface area contributed by atoms with Crippen molar-refractivity contribution in [1.82, 2.24) is 14.9 Å². The van der Waals surface area contributed by atoms with Gasteiger partial charge in [0.25, 0.3) is 5.91 Å². The summed E-state index contributed by atoms with van der Waals surface area (Å²) < 4.78 is 2.05. The van der Waals surface area contributed by atoms with E-state index in [9.17, 15) is 9.59 Å². The molecule has 0 radical (unpaired) electrons. The fourth-order valence-electron chi connectivity index (χ4n) is 2.74. The molecule has 134 valence electrons. The molecule has 0 fully saturated rings. The van der Waals surface area contributed by atoms with Crippen molar-refractivity contribution in [1.29, 1.82) is 0 Å². The fraction of sp³-hybridized carbons (Fsp3) is 0.250. The molecule has 3 aromatic rings. The lowest BCUT2D eigenvalue weighted by Crippen LogP contribution is -2.42. The van der Waals surface area contributed by atoms with Gasteiger partial charge in [-0.2, -0.15) is 0 Å². The Bertz CT molecular complexity index is 974. The lowest BCUT2D eigenvalue weighted by molar-refractivity contribution is -0.125. The Balaban J connectivity index is 1.89. The third-order valence-electron chi connectivity index (χ3n) is 4.46. The summed E-state index contributed by atoms with van der Waals surface area (Å²) in [4.78, 5) is 28.4. The molecule has 1 aromatic heterocycles. The normalized spacial score (nSPS) is 11.5. The van der Waals surface area contributed by atoms with Crippen LogP contribution in [0.3, 0.4) is 0 Å². The van der Waals surface area contributed by atoms with Crippen molar-refractivity contribution in [2.75, 3.05) is 6.54 Å². The van der Waals surface area contributed by atoms with Crippen LogP contribution in [0.5, 0.6) is 0 Å². The number of primary amides is 1. The number of carbonyl (C=O) groups excluding carboxylic acids is 2. The van der Waals surface area contributed by atoms with Crippen LogP contribution in [0.1, 0.15) is 30.0 Å². The van der Waals surface area contributed by atoms with Crippen molar-refractivity contribution < 1.29 is 9.59 Å². The zero-order valence-electron chi connectivity index (χ0n) is 15.1. The average Bonchev–Trinajstić information content (AvgIpc) is 2.95. The first-order valence-electron chi connectivity index (χ1n) is 8.42. The number of rotatable bonds is 5. The van der Waals surface area contributed by atoms with E-state index in [1.54, 1.807) is 26.0 Å². The number of nitrogens with zero attached hydrogens (tertiary/aromatic N) is 2. The Kier molecular flexibility index (Phi) is 4.50. The lowest BCUT2D eigenvalue weighted by atomic mass is 9.92. The monoisotopic (exact) mass is 350 g/mol. The Hall–Kier alpha value is -3.15. The Labute approximate surface area is 152 Å². The highest BCUT2D eigenvalue weighted by Crippen LogP contribution is 2.22. The molecule has 0 saturated heterocycles. The number of fused-ring (bicyclic) bond motifs is 1. The van der Waals surface area contributed by atoms with Gasteiger partial charge in [-0.3, -0.25) is 14.2 Å². The minimum Gasteiger partial charge on any atom is -0.369 e. The van der Waals surface area contributed by atoms with Gasteiger partial charge in [-0.15, -0.1) is 0 Å². The van der Waals surface area contributed by atoms with E-state index in [1.807, 2.05) is 47.9 Å². The summed E-state index contributed by atoms with van der Waals surface area (Å²) in [5.74, 6) is 0.136. The molecule has 0 atom stereocenters. The van der Waals surface area contributed by atoms with Crippen molar-refractivity contribution in [2.24, 2.45) is 11.1 Å². The predicted octanol–water partition coefficient (Wildman–Crippen LogP) is 2.58. The molecule has 0 aliphatic rings. The molecule has 0 bridgehead atoms. The Morgan fingerprint density at radius 1 is 1.15 bits per heavy atom. The first kappa shape index (κ1) is 17.7. The van der Waals surface area contributed by atoms with E-state index in [1.165, 1.54) is 0 Å². The molecule has 26 heavy (non-hydrogen) atoms. The van der Waals surface area contributed by atoms with Gasteiger partial charge in [-0.05, 0) is 51.1 Å². The van der Waals surface area contributed by atoms with Crippen molar-refractivity contribution in [3.63, 3.8) is 0 Å². The maximum absolute atomic E-state index is 12.4. The van der Waals surface area contributed by atoms with Crippen molar-refractivity contribution in [3.8, 4) is 5.69 Å². The number of carbonyl (C=O) groups is 2. The molecule has 6 heteroatoms. The number of imidazole rings is 1. The molecule has 1 heterocycles. The third kappa shape index (κ3) is 3.31. The largest absolute Gasteiger partial charge is 0.369 e. The first-order valence-corrected chi connectivity index (χ1v) is 8.42. The van der Waals surface area contributed by atoms with E-state index >= 15 is 0 Å². The van der Waals surface area contributed by atoms with Crippen LogP contribution < -0.4 is 11.1 Å². The van der Waals surface area contributed by atoms with Crippen LogP contribution in [0.15, 0.2) is 48.5 Å². The van der Waals surface area contributed by atoms with Crippen molar-refractivity contribution in [3.05, 3.63) is 59.9 Å². The summed E-state index contributed by atoms with van der Waals surface area (Å²) in [6.07, 6.45) is 0. The minimum absolute atomic E-state index is 0.177. The molecule has 3 N–H and O–H groups in total. The van der Waals surface area contributed by atoms with Gasteiger partial charge in [0.2, 0.25) is 5.91 Å². The van der Waals surface area contributed by atoms with Gasteiger partial charge in [0.15, 0.2) is 0 Å². The summed E-state index contributed by atoms with van der Waals surface area (Å²) in [5.41, 5.74) is 7.73. The molecule has 2 aromatic carbocycles. The predicted molar refractivity (Wildman–Crippen MR) is 101 cm³/mol. The number of hydrogen-bond donors (Lipinski definition) is 2. The molecule has 0 unspecified atom stereocenters. The highest BCUT2D eigenvalue weighted by molar-refractivity contribution is 5.98. The topological polar surface area (TPSA) is 90.0 Å². The number of benzene rings is 2. The van der Waals surface area contributed by atoms with Gasteiger partial charge in [0.1, 0.15) is 5.82 Å². The van der Waals surface area contributed by atoms with E-state index in [-0.39, 0.29) is 12.5 Å². The van der Waals surface area contributed by atoms with Crippen LogP contribution in [0, 0.1) is 12.3 Å². The van der Waals surface area contributed by atoms with Gasteiger partial charge in [-0.1, -0.05) is 18.2 Å². The van der Waals surface area contributed by atoms with E-state index in [2.05, 4.69) is 10.3 Å². The number of amides is 2. The second-order valence-electron chi connectivity index (χ2n) is 6.96. The molecule has 0 aliphatic carbocycles. The second kappa shape index (κ2) is 6.63. The maximum atomic E-state index is 12.4. The van der Waals surface area contributed by atoms with Crippen LogP contribution in [-0.4, -0.2) is 27.9 Å². The molecule has 0 aliphatic heterocycles. The number of hydrogen-bond acceptors (Lipinski definition) is 3. The van der Waals surface area contributed by atoms with Gasteiger partial charge in [0, 0.05) is 17.8 Å². The first-order chi connectivity index (χ1) is 12.3. The SMILES string of the molecule is Cc1nc2cc(C(=O)NCC(C)(C)C(N)=O)ccc2n1-c1ccccc1. The van der Waals surface area contributed by atoms with Crippen LogP contribution >= 0.6 is 0 Å². The zero-order valence-corrected chi connectivity index (χ0v) is 15.1. The summed E-state index contributed by atoms with van der Waals surface area (Å²) in [5, 5.41) is 2.76. The molecule has 6 nitrogen and oxygen atoms in total. The van der Waals surface area contributed by atoms with Crippen LogP contribution in [0.25, 0.3) is 16.7 Å². The highest BCUT2D eigenvalue weighted by Gasteiger charge is 2.25. The second-order valence-corrected chi connectivity index (χ2v) is 6.96. The van der Waals surface area contributed by atoms with Crippen LogP contribution in [0.2, 0.25) is 0 Å². The van der Waals surface area contributed by atoms with Crippen LogP contribution in [-0.2, 0) is 4.79 Å². The third-order valence-corrected chi connectivity index (χ3v) is 4.46. The summed E-state index contributed by atoms with van der Waals surface area (Å²) >= 11 is 0. The Morgan fingerprint density at radius 3 is 2.50 bits per heavy atom. The van der Waals surface area contributed by atoms with Crippen molar-refractivity contribution >= 4 is 22.8 Å². The maximum Gasteiger partial charge on any atom is 0.251 e. The van der Waals surface area contributed by atoms with Gasteiger partial charge < -0.3 is 11.1 Å². The number of nitrogens with one attached hydrogen (secondary N) is 1. The standard InChI is InChI=1S/C20H22N4O2/c1-13-23-16-11-14(18(25)22-12-20(2,3)19(21)26)9-10-17(16)24(13)15-7-5-4-6-8-15/h4-11H,12H2,1-3H3,(H2,21,26)(H,22,25). The van der Waals surface area contributed by atoms with E-state index in [4.69, 9.17) is 5.73 Å². The summed E-state index contributed by atoms with van der Waals surface area (Å²) in [7, 11) is 0. The number of aryl methyl sites for hydroxylation is 1. The summed E-state index contributed by atoms with van der Waals surface area (Å²) in [6, 6.07) is 15.3. The average molecular weight is 350 g/mol. The lowest BCUT2D eigenvalue weighted by Gasteiger charge is -2.20. The molecular weight excluding hydrogens is 328 g/mol. The zero-order chi connectivity index (χ0) is 18.9. The number of nitrogens with two attached hydrogens (primary N) is 1.